The Morgan fingerprint density at radius 2 is 2.06 bits per heavy atom. The number of hydrogen-bond acceptors (Lipinski definition) is 4. The summed E-state index contributed by atoms with van der Waals surface area (Å²) in [5, 5.41) is 3.57. The number of amides is 1. The monoisotopic (exact) mass is 244 g/mol. The molecule has 0 aromatic rings. The maximum Gasteiger partial charge on any atom is 0.233 e. The number of carbonyl (C=O) groups excluding carboxylic acids is 1. The first-order valence-corrected chi connectivity index (χ1v) is 6.55. The Labute approximate surface area is 101 Å². The van der Waals surface area contributed by atoms with E-state index < -0.39 is 0 Å². The summed E-state index contributed by atoms with van der Waals surface area (Å²) >= 11 is 1.19. The van der Waals surface area contributed by atoms with Gasteiger partial charge >= 0.3 is 0 Å². The molecule has 0 spiro atoms. The Hall–Kier alpha value is -0.910. The first-order chi connectivity index (χ1) is 7.65. The number of nitrogens with two attached hydrogens (primary N) is 2. The van der Waals surface area contributed by atoms with E-state index in [1.807, 2.05) is 11.9 Å². The molecule has 0 aromatic heterocycles. The lowest BCUT2D eigenvalue weighted by molar-refractivity contribution is -0.129. The van der Waals surface area contributed by atoms with E-state index >= 15 is 0 Å². The average molecular weight is 244 g/mol. The van der Waals surface area contributed by atoms with Crippen molar-refractivity contribution >= 4 is 22.8 Å². The van der Waals surface area contributed by atoms with Gasteiger partial charge in [-0.3, -0.25) is 4.79 Å². The van der Waals surface area contributed by atoms with Crippen LogP contribution in [-0.4, -0.2) is 34.8 Å². The molecule has 0 aliphatic heterocycles. The second-order valence-electron chi connectivity index (χ2n) is 4.05. The number of thioether (sulfide) groups is 1. The average Bonchev–Trinajstić information content (AvgIpc) is 2.35. The van der Waals surface area contributed by atoms with Crippen LogP contribution >= 0.6 is 11.8 Å². The van der Waals surface area contributed by atoms with Crippen molar-refractivity contribution in [1.29, 1.82) is 0 Å². The number of amidine groups is 1. The molecule has 1 fully saturated rings. The summed E-state index contributed by atoms with van der Waals surface area (Å²) < 4.78 is 0. The molecule has 0 radical (unpaired) electrons. The van der Waals surface area contributed by atoms with Crippen LogP contribution in [0.25, 0.3) is 0 Å². The Kier molecular flexibility index (Phi) is 5.45. The number of carbonyl (C=O) groups is 1. The van der Waals surface area contributed by atoms with Gasteiger partial charge in [0.1, 0.15) is 0 Å². The fourth-order valence-electron chi connectivity index (χ4n) is 1.95. The molecule has 1 rings (SSSR count). The molecule has 0 heterocycles. The molecule has 6 heteroatoms. The summed E-state index contributed by atoms with van der Waals surface area (Å²) in [4.78, 5) is 13.7. The van der Waals surface area contributed by atoms with Crippen molar-refractivity contribution in [1.82, 2.24) is 4.90 Å². The van der Waals surface area contributed by atoms with Crippen molar-refractivity contribution < 1.29 is 4.79 Å². The van der Waals surface area contributed by atoms with E-state index in [1.54, 1.807) is 0 Å². The van der Waals surface area contributed by atoms with Gasteiger partial charge < -0.3 is 16.5 Å². The highest BCUT2D eigenvalue weighted by Crippen LogP contribution is 2.22. The lowest BCUT2D eigenvalue weighted by Gasteiger charge is -2.31. The molecule has 1 aliphatic rings. The van der Waals surface area contributed by atoms with Crippen LogP contribution in [0.5, 0.6) is 0 Å². The SMILES string of the molecule is CN(C(=O)CSC(N)=NN)C1CCCCC1. The topological polar surface area (TPSA) is 84.7 Å². The first-order valence-electron chi connectivity index (χ1n) is 5.57. The fraction of sp³-hybridized carbons (Fsp3) is 0.800. The molecule has 1 saturated carbocycles. The molecule has 0 saturated heterocycles. The highest BCUT2D eigenvalue weighted by atomic mass is 32.2. The largest absolute Gasteiger partial charge is 0.377 e. The third kappa shape index (κ3) is 3.92. The summed E-state index contributed by atoms with van der Waals surface area (Å²) in [5.74, 6) is 5.41. The third-order valence-corrected chi connectivity index (χ3v) is 3.78. The van der Waals surface area contributed by atoms with Crippen LogP contribution in [0, 0.1) is 0 Å². The van der Waals surface area contributed by atoms with Crippen LogP contribution < -0.4 is 11.6 Å². The van der Waals surface area contributed by atoms with Crippen molar-refractivity contribution in [2.75, 3.05) is 12.8 Å². The zero-order valence-corrected chi connectivity index (χ0v) is 10.5. The van der Waals surface area contributed by atoms with E-state index in [9.17, 15) is 4.79 Å². The maximum absolute atomic E-state index is 11.8. The van der Waals surface area contributed by atoms with Gasteiger partial charge in [-0.15, -0.1) is 0 Å². The number of nitrogens with zero attached hydrogens (tertiary/aromatic N) is 2. The van der Waals surface area contributed by atoms with Gasteiger partial charge in [-0.2, -0.15) is 5.10 Å². The highest BCUT2D eigenvalue weighted by Gasteiger charge is 2.21. The minimum atomic E-state index is 0.100. The molecule has 1 aliphatic carbocycles. The Morgan fingerprint density at radius 3 is 2.62 bits per heavy atom. The van der Waals surface area contributed by atoms with Crippen LogP contribution in [0.2, 0.25) is 0 Å². The minimum Gasteiger partial charge on any atom is -0.377 e. The van der Waals surface area contributed by atoms with Gasteiger partial charge in [-0.25, -0.2) is 0 Å². The second-order valence-corrected chi connectivity index (χ2v) is 5.05. The molecule has 0 aromatic carbocycles. The van der Waals surface area contributed by atoms with Crippen LogP contribution in [0.3, 0.4) is 0 Å². The van der Waals surface area contributed by atoms with Crippen LogP contribution in [0.1, 0.15) is 32.1 Å². The Balaban J connectivity index is 2.34. The molecule has 1 amide bonds. The van der Waals surface area contributed by atoms with Gasteiger partial charge in [0.25, 0.3) is 0 Å². The van der Waals surface area contributed by atoms with E-state index in [2.05, 4.69) is 5.10 Å². The van der Waals surface area contributed by atoms with Gasteiger partial charge in [-0.1, -0.05) is 31.0 Å². The van der Waals surface area contributed by atoms with Crippen molar-refractivity contribution in [3.8, 4) is 0 Å². The van der Waals surface area contributed by atoms with Gasteiger partial charge in [0.05, 0.1) is 5.75 Å². The first kappa shape index (κ1) is 13.2. The third-order valence-electron chi connectivity index (χ3n) is 2.99. The minimum absolute atomic E-state index is 0.100. The normalized spacial score (nSPS) is 18.4. The summed E-state index contributed by atoms with van der Waals surface area (Å²) in [5.41, 5.74) is 5.42. The van der Waals surface area contributed by atoms with Crippen molar-refractivity contribution in [2.45, 2.75) is 38.1 Å². The highest BCUT2D eigenvalue weighted by molar-refractivity contribution is 8.14. The van der Waals surface area contributed by atoms with E-state index in [0.29, 0.717) is 11.8 Å². The Bertz CT molecular complexity index is 264. The zero-order valence-electron chi connectivity index (χ0n) is 9.69. The van der Waals surface area contributed by atoms with E-state index in [-0.39, 0.29) is 11.1 Å². The van der Waals surface area contributed by atoms with Gasteiger partial charge in [0.2, 0.25) is 5.91 Å². The van der Waals surface area contributed by atoms with Gasteiger partial charge in [0.15, 0.2) is 5.17 Å². The predicted molar refractivity (Wildman–Crippen MR) is 67.9 cm³/mol. The van der Waals surface area contributed by atoms with Crippen molar-refractivity contribution in [3.05, 3.63) is 0 Å². The standard InChI is InChI=1S/C10H20N4OS/c1-14(8-5-3-2-4-6-8)9(15)7-16-10(11)13-12/h8H,2-7,12H2,1H3,(H2,11,13). The van der Waals surface area contributed by atoms with Gasteiger partial charge in [0, 0.05) is 13.1 Å². The molecule has 4 N–H and O–H groups in total. The van der Waals surface area contributed by atoms with Crippen molar-refractivity contribution in [3.63, 3.8) is 0 Å². The second kappa shape index (κ2) is 6.62. The van der Waals surface area contributed by atoms with Crippen molar-refractivity contribution in [2.24, 2.45) is 16.7 Å². The Morgan fingerprint density at radius 1 is 1.44 bits per heavy atom. The number of rotatable bonds is 3. The lowest BCUT2D eigenvalue weighted by atomic mass is 9.94. The summed E-state index contributed by atoms with van der Waals surface area (Å²) in [6.45, 7) is 0. The molecule has 0 atom stereocenters. The predicted octanol–water partition coefficient (Wildman–Crippen LogP) is 0.699. The molecular formula is C10H20N4OS. The van der Waals surface area contributed by atoms with Crippen LogP contribution in [0.15, 0.2) is 5.10 Å². The molecule has 92 valence electrons. The zero-order chi connectivity index (χ0) is 12.0. The molecule has 5 nitrogen and oxygen atoms in total. The molecule has 0 bridgehead atoms. The maximum atomic E-state index is 11.8. The van der Waals surface area contributed by atoms with Crippen LogP contribution in [-0.2, 0) is 4.79 Å². The number of hydrogen-bond donors (Lipinski definition) is 2. The van der Waals surface area contributed by atoms with E-state index in [0.717, 1.165) is 12.8 Å². The summed E-state index contributed by atoms with van der Waals surface area (Å²) in [6.07, 6.45) is 5.98. The van der Waals surface area contributed by atoms with E-state index in [1.165, 1.54) is 31.0 Å². The summed E-state index contributed by atoms with van der Waals surface area (Å²) in [7, 11) is 1.87. The smallest absolute Gasteiger partial charge is 0.233 e. The van der Waals surface area contributed by atoms with Gasteiger partial charge in [-0.05, 0) is 12.8 Å². The molecule has 0 unspecified atom stereocenters. The van der Waals surface area contributed by atoms with E-state index in [4.69, 9.17) is 11.6 Å². The van der Waals surface area contributed by atoms with Crippen LogP contribution in [0.4, 0.5) is 0 Å². The summed E-state index contributed by atoms with van der Waals surface area (Å²) in [6, 6.07) is 0.401. The lowest BCUT2D eigenvalue weighted by Crippen LogP contribution is -2.39. The fourth-order valence-corrected chi connectivity index (χ4v) is 2.50. The molecule has 16 heavy (non-hydrogen) atoms. The quantitative estimate of drug-likeness (QED) is 0.331. The molecular weight excluding hydrogens is 224 g/mol. The number of hydrazone groups is 1.